The summed E-state index contributed by atoms with van der Waals surface area (Å²) in [6.45, 7) is 3.14. The van der Waals surface area contributed by atoms with Gasteiger partial charge in [-0.05, 0) is 31.5 Å². The minimum atomic E-state index is -0.126. The van der Waals surface area contributed by atoms with Crippen molar-refractivity contribution >= 4 is 28.1 Å². The van der Waals surface area contributed by atoms with E-state index in [1.165, 1.54) is 11.3 Å². The van der Waals surface area contributed by atoms with Gasteiger partial charge in [-0.3, -0.25) is 14.6 Å². The lowest BCUT2D eigenvalue weighted by atomic mass is 10.0. The molecule has 1 fully saturated rings. The number of nitrogens with zero attached hydrogens (tertiary/aromatic N) is 3. The molecule has 7 heteroatoms. The topological polar surface area (TPSA) is 79.0 Å². The van der Waals surface area contributed by atoms with E-state index >= 15 is 0 Å². The number of hydrogen-bond donors (Lipinski definition) is 1. The minimum absolute atomic E-state index is 0.0266. The fraction of sp³-hybridized carbons (Fsp3) is 0.294. The number of hydrogen-bond acceptors (Lipinski definition) is 5. The first-order chi connectivity index (χ1) is 11.6. The third kappa shape index (κ3) is 2.50. The summed E-state index contributed by atoms with van der Waals surface area (Å²) in [4.78, 5) is 38.7. The fourth-order valence-corrected chi connectivity index (χ4v) is 3.95. The van der Waals surface area contributed by atoms with Crippen molar-refractivity contribution in [3.8, 4) is 0 Å². The second-order valence-electron chi connectivity index (χ2n) is 5.99. The Balaban J connectivity index is 1.60. The molecule has 1 saturated heterocycles. The number of aryl methyl sites for hydroxylation is 1. The number of aromatic nitrogens is 3. The van der Waals surface area contributed by atoms with Gasteiger partial charge in [0.1, 0.15) is 4.88 Å². The summed E-state index contributed by atoms with van der Waals surface area (Å²) in [5, 5.41) is 0.590. The lowest BCUT2D eigenvalue weighted by Gasteiger charge is -2.16. The van der Waals surface area contributed by atoms with E-state index in [-0.39, 0.29) is 17.4 Å². The molecule has 1 aliphatic rings. The highest BCUT2D eigenvalue weighted by Gasteiger charge is 2.30. The first-order valence-electron chi connectivity index (χ1n) is 7.81. The van der Waals surface area contributed by atoms with Crippen molar-refractivity contribution < 1.29 is 4.79 Å². The summed E-state index contributed by atoms with van der Waals surface area (Å²) < 4.78 is 0. The zero-order valence-corrected chi connectivity index (χ0v) is 14.0. The van der Waals surface area contributed by atoms with E-state index in [0.717, 1.165) is 17.8 Å². The van der Waals surface area contributed by atoms with Gasteiger partial charge >= 0.3 is 0 Å². The number of pyridine rings is 2. The van der Waals surface area contributed by atoms with Gasteiger partial charge in [-0.2, -0.15) is 0 Å². The van der Waals surface area contributed by atoms with E-state index in [9.17, 15) is 9.59 Å². The van der Waals surface area contributed by atoms with Crippen LogP contribution >= 0.6 is 11.3 Å². The highest BCUT2D eigenvalue weighted by Crippen LogP contribution is 2.28. The van der Waals surface area contributed by atoms with Crippen LogP contribution in [0.3, 0.4) is 0 Å². The predicted molar refractivity (Wildman–Crippen MR) is 92.5 cm³/mol. The Labute approximate surface area is 142 Å². The molecule has 0 bridgehead atoms. The van der Waals surface area contributed by atoms with E-state index in [0.29, 0.717) is 28.9 Å². The summed E-state index contributed by atoms with van der Waals surface area (Å²) in [6.07, 6.45) is 2.51. The van der Waals surface area contributed by atoms with Gasteiger partial charge in [0, 0.05) is 30.9 Å². The number of likely N-dealkylation sites (tertiary alicyclic amines) is 1. The molecule has 4 heterocycles. The number of carbonyl (C=O) groups is 1. The molecule has 1 aliphatic heterocycles. The molecule has 0 aromatic carbocycles. The van der Waals surface area contributed by atoms with Gasteiger partial charge in [-0.25, -0.2) is 4.98 Å². The van der Waals surface area contributed by atoms with Gasteiger partial charge in [0.2, 0.25) is 0 Å². The molecule has 4 rings (SSSR count). The Bertz CT molecular complexity index is 978. The highest BCUT2D eigenvalue weighted by atomic mass is 32.1. The maximum Gasteiger partial charge on any atom is 0.265 e. The number of thiazole rings is 1. The standard InChI is InChI=1S/C17H16N4O2S/c1-10-15(24-9-19-10)17(23)21-6-4-11(8-21)13-7-14-12(16(22)20-13)3-2-5-18-14/h2-3,5,7,9,11H,4,6,8H2,1H3,(H,20,22)/t11-/m0/s1. The Morgan fingerprint density at radius 2 is 2.29 bits per heavy atom. The third-order valence-corrected chi connectivity index (χ3v) is 5.40. The van der Waals surface area contributed by atoms with Crippen LogP contribution < -0.4 is 5.56 Å². The summed E-state index contributed by atoms with van der Waals surface area (Å²) in [5.74, 6) is 0.153. The summed E-state index contributed by atoms with van der Waals surface area (Å²) in [6, 6.07) is 5.44. The fourth-order valence-electron chi connectivity index (χ4n) is 3.18. The molecule has 6 nitrogen and oxygen atoms in total. The number of nitrogens with one attached hydrogen (secondary N) is 1. The van der Waals surface area contributed by atoms with Crippen molar-refractivity contribution in [1.82, 2.24) is 19.9 Å². The molecule has 1 N–H and O–H groups in total. The van der Waals surface area contributed by atoms with Crippen LogP contribution in [0.5, 0.6) is 0 Å². The van der Waals surface area contributed by atoms with E-state index in [1.54, 1.807) is 23.8 Å². The molecule has 1 amide bonds. The number of H-pyrrole nitrogens is 1. The molecule has 0 saturated carbocycles. The van der Waals surface area contributed by atoms with Crippen LogP contribution in [0.25, 0.3) is 10.9 Å². The van der Waals surface area contributed by atoms with Gasteiger partial charge in [0.15, 0.2) is 0 Å². The molecular weight excluding hydrogens is 324 g/mol. The second kappa shape index (κ2) is 5.83. The maximum absolute atomic E-state index is 12.6. The Kier molecular flexibility index (Phi) is 3.65. The van der Waals surface area contributed by atoms with Crippen LogP contribution in [0.2, 0.25) is 0 Å². The van der Waals surface area contributed by atoms with Crippen LogP contribution in [-0.4, -0.2) is 38.8 Å². The molecule has 0 spiro atoms. The van der Waals surface area contributed by atoms with E-state index in [4.69, 9.17) is 0 Å². The monoisotopic (exact) mass is 340 g/mol. The molecule has 1 atom stereocenters. The van der Waals surface area contributed by atoms with E-state index < -0.39 is 0 Å². The largest absolute Gasteiger partial charge is 0.337 e. The molecule has 0 radical (unpaired) electrons. The summed E-state index contributed by atoms with van der Waals surface area (Å²) in [7, 11) is 0. The van der Waals surface area contributed by atoms with Crippen molar-refractivity contribution in [3.05, 3.63) is 56.5 Å². The molecule has 24 heavy (non-hydrogen) atoms. The molecule has 0 unspecified atom stereocenters. The van der Waals surface area contributed by atoms with Gasteiger partial charge in [0.25, 0.3) is 11.5 Å². The normalized spacial score (nSPS) is 17.5. The maximum atomic E-state index is 12.6. The molecular formula is C17H16N4O2S. The molecule has 3 aromatic heterocycles. The van der Waals surface area contributed by atoms with Gasteiger partial charge in [0.05, 0.1) is 22.1 Å². The highest BCUT2D eigenvalue weighted by molar-refractivity contribution is 7.11. The smallest absolute Gasteiger partial charge is 0.265 e. The van der Waals surface area contributed by atoms with Crippen LogP contribution in [0, 0.1) is 6.92 Å². The average Bonchev–Trinajstić information content (AvgIpc) is 3.23. The Morgan fingerprint density at radius 3 is 3.08 bits per heavy atom. The zero-order chi connectivity index (χ0) is 16.7. The van der Waals surface area contributed by atoms with Crippen LogP contribution in [-0.2, 0) is 0 Å². The van der Waals surface area contributed by atoms with Crippen molar-refractivity contribution in [3.63, 3.8) is 0 Å². The van der Waals surface area contributed by atoms with Crippen molar-refractivity contribution in [2.24, 2.45) is 0 Å². The molecule has 0 aliphatic carbocycles. The SMILES string of the molecule is Cc1ncsc1C(=O)N1CC[C@H](c2cc3ncccc3c(=O)[nH]2)C1. The van der Waals surface area contributed by atoms with Crippen LogP contribution in [0.1, 0.15) is 33.4 Å². The Hall–Kier alpha value is -2.54. The average molecular weight is 340 g/mol. The summed E-state index contributed by atoms with van der Waals surface area (Å²) in [5.41, 5.74) is 3.89. The van der Waals surface area contributed by atoms with Crippen molar-refractivity contribution in [2.75, 3.05) is 13.1 Å². The first kappa shape index (κ1) is 15.0. The van der Waals surface area contributed by atoms with E-state index in [2.05, 4.69) is 15.0 Å². The van der Waals surface area contributed by atoms with E-state index in [1.807, 2.05) is 17.9 Å². The first-order valence-corrected chi connectivity index (χ1v) is 8.69. The molecule has 122 valence electrons. The number of fused-ring (bicyclic) bond motifs is 1. The molecule has 3 aromatic rings. The van der Waals surface area contributed by atoms with Crippen LogP contribution in [0.4, 0.5) is 0 Å². The third-order valence-electron chi connectivity index (χ3n) is 4.49. The van der Waals surface area contributed by atoms with Crippen molar-refractivity contribution in [1.29, 1.82) is 0 Å². The minimum Gasteiger partial charge on any atom is -0.337 e. The quantitative estimate of drug-likeness (QED) is 0.776. The number of rotatable bonds is 2. The van der Waals surface area contributed by atoms with Crippen LogP contribution in [0.15, 0.2) is 34.7 Å². The number of amides is 1. The van der Waals surface area contributed by atoms with Gasteiger partial charge in [-0.15, -0.1) is 11.3 Å². The van der Waals surface area contributed by atoms with Gasteiger partial charge < -0.3 is 9.88 Å². The lowest BCUT2D eigenvalue weighted by Crippen LogP contribution is -2.28. The number of carbonyl (C=O) groups excluding carboxylic acids is 1. The lowest BCUT2D eigenvalue weighted by molar-refractivity contribution is 0.0794. The number of aromatic amines is 1. The second-order valence-corrected chi connectivity index (χ2v) is 6.85. The summed E-state index contributed by atoms with van der Waals surface area (Å²) >= 11 is 1.38. The zero-order valence-electron chi connectivity index (χ0n) is 13.2. The van der Waals surface area contributed by atoms with Gasteiger partial charge in [-0.1, -0.05) is 0 Å². The van der Waals surface area contributed by atoms with Crippen molar-refractivity contribution in [2.45, 2.75) is 19.3 Å². The Morgan fingerprint density at radius 1 is 1.42 bits per heavy atom. The predicted octanol–water partition coefficient (Wildman–Crippen LogP) is 2.32.